The summed E-state index contributed by atoms with van der Waals surface area (Å²) < 4.78 is 17.5. The zero-order chi connectivity index (χ0) is 26.3. The summed E-state index contributed by atoms with van der Waals surface area (Å²) in [6.07, 6.45) is 1.03. The third-order valence-electron chi connectivity index (χ3n) is 8.72. The van der Waals surface area contributed by atoms with Crippen LogP contribution in [-0.4, -0.2) is 109 Å². The lowest BCUT2D eigenvalue weighted by Gasteiger charge is -2.37. The van der Waals surface area contributed by atoms with Crippen molar-refractivity contribution in [3.8, 4) is 0 Å². The Bertz CT molecular complexity index is 847. The highest BCUT2D eigenvalue weighted by Gasteiger charge is 2.80. The van der Waals surface area contributed by atoms with Crippen LogP contribution >= 0.6 is 0 Å². The smallest absolute Gasteiger partial charge is 0.312 e. The number of rotatable bonds is 10. The van der Waals surface area contributed by atoms with Gasteiger partial charge >= 0.3 is 5.97 Å². The Labute approximate surface area is 214 Å². The van der Waals surface area contributed by atoms with Crippen molar-refractivity contribution in [1.29, 1.82) is 0 Å². The number of nitrogens with one attached hydrogen (secondary N) is 1. The summed E-state index contributed by atoms with van der Waals surface area (Å²) in [6, 6.07) is -1.46. The van der Waals surface area contributed by atoms with Crippen molar-refractivity contribution < 1.29 is 33.7 Å². The average Bonchev–Trinajstić information content (AvgIpc) is 3.35. The summed E-state index contributed by atoms with van der Waals surface area (Å²) in [5.74, 6) is -2.48. The van der Waals surface area contributed by atoms with Crippen molar-refractivity contribution in [3.63, 3.8) is 0 Å². The van der Waals surface area contributed by atoms with E-state index >= 15 is 0 Å². The van der Waals surface area contributed by atoms with Gasteiger partial charge in [0.2, 0.25) is 11.8 Å². The molecule has 0 aromatic heterocycles. The van der Waals surface area contributed by atoms with Crippen molar-refractivity contribution in [2.24, 2.45) is 23.7 Å². The van der Waals surface area contributed by atoms with Crippen LogP contribution in [0.4, 0.5) is 0 Å². The van der Waals surface area contributed by atoms with Crippen molar-refractivity contribution in [2.45, 2.75) is 70.7 Å². The van der Waals surface area contributed by atoms with Crippen molar-refractivity contribution in [3.05, 3.63) is 0 Å². The Morgan fingerprint density at radius 2 is 1.97 bits per heavy atom. The fourth-order valence-corrected chi connectivity index (χ4v) is 7.04. The number of carbonyl (C=O) groups is 3. The second-order valence-electron chi connectivity index (χ2n) is 11.4. The minimum atomic E-state index is -1.13. The molecule has 10 heteroatoms. The molecule has 2 N–H and O–H groups in total. The Kier molecular flexibility index (Phi) is 8.00. The predicted octanol–water partition coefficient (Wildman–Crippen LogP) is 0.416. The molecule has 3 unspecified atom stereocenters. The largest absolute Gasteiger partial charge is 0.466 e. The van der Waals surface area contributed by atoms with Gasteiger partial charge in [-0.2, -0.15) is 0 Å². The highest BCUT2D eigenvalue weighted by Crippen LogP contribution is 2.65. The second-order valence-corrected chi connectivity index (χ2v) is 11.4. The molecule has 36 heavy (non-hydrogen) atoms. The zero-order valence-corrected chi connectivity index (χ0v) is 22.3. The number of aliphatic hydroxyl groups excluding tert-OH is 1. The molecule has 0 radical (unpaired) electrons. The van der Waals surface area contributed by atoms with E-state index in [0.29, 0.717) is 39.1 Å². The summed E-state index contributed by atoms with van der Waals surface area (Å²) in [5.41, 5.74) is -2.02. The van der Waals surface area contributed by atoms with E-state index in [4.69, 9.17) is 14.2 Å². The van der Waals surface area contributed by atoms with Crippen LogP contribution in [0, 0.1) is 23.7 Å². The molecule has 4 rings (SSSR count). The van der Waals surface area contributed by atoms with Crippen LogP contribution in [-0.2, 0) is 28.6 Å². The quantitative estimate of drug-likeness (QED) is 0.407. The molecule has 1 spiro atoms. The number of hydrogen-bond acceptors (Lipinski definition) is 8. The number of hydrogen-bond donors (Lipinski definition) is 2. The normalized spacial score (nSPS) is 36.9. The maximum absolute atomic E-state index is 14.1. The first-order chi connectivity index (χ1) is 17.1. The maximum Gasteiger partial charge on any atom is 0.312 e. The molecule has 2 amide bonds. The van der Waals surface area contributed by atoms with Crippen molar-refractivity contribution >= 4 is 17.8 Å². The molecule has 4 aliphatic rings. The standard InChI is InChI=1S/C26H43N3O7/c1-6-35-24(33)20-19-23(32)29(18(15-30)13-16(2)3)21(26(19)14-17(4)25(20,5)36-26)22(31)27-7-8-28-9-11-34-12-10-28/h16-21,30H,6-15H2,1-5H3,(H,27,31)/t17?,18-,19+,20-,21?,25+,26?/m1/s1. The van der Waals surface area contributed by atoms with E-state index in [1.165, 1.54) is 0 Å². The summed E-state index contributed by atoms with van der Waals surface area (Å²) in [7, 11) is 0. The van der Waals surface area contributed by atoms with E-state index in [1.807, 2.05) is 27.7 Å². The van der Waals surface area contributed by atoms with E-state index in [0.717, 1.165) is 13.1 Å². The summed E-state index contributed by atoms with van der Waals surface area (Å²) in [5, 5.41) is 13.4. The number of likely N-dealkylation sites (tertiary alicyclic amines) is 1. The molecule has 4 heterocycles. The molecule has 4 saturated heterocycles. The third kappa shape index (κ3) is 4.44. The van der Waals surface area contributed by atoms with E-state index in [2.05, 4.69) is 10.2 Å². The highest BCUT2D eigenvalue weighted by molar-refractivity contribution is 5.98. The molecule has 2 bridgehead atoms. The number of amides is 2. The lowest BCUT2D eigenvalue weighted by molar-refractivity contribution is -0.162. The molecule has 0 aromatic rings. The third-order valence-corrected chi connectivity index (χ3v) is 8.72. The average molecular weight is 510 g/mol. The minimum Gasteiger partial charge on any atom is -0.466 e. The van der Waals surface area contributed by atoms with Crippen LogP contribution in [0.5, 0.6) is 0 Å². The lowest BCUT2D eigenvalue weighted by Crippen LogP contribution is -2.59. The number of nitrogens with zero attached hydrogens (tertiary/aromatic N) is 2. The molecular weight excluding hydrogens is 466 g/mol. The highest BCUT2D eigenvalue weighted by atomic mass is 16.6. The molecule has 204 valence electrons. The van der Waals surface area contributed by atoms with Gasteiger partial charge in [-0.15, -0.1) is 0 Å². The SMILES string of the molecule is CCOC(=O)[C@H]1[C@H]2C(=O)N([C@@H](CO)CC(C)C)C(C(=O)NCCN3CCOCC3)C23CC(C)[C@]1(C)O3. The first-order valence-electron chi connectivity index (χ1n) is 13.5. The van der Waals surface area contributed by atoms with E-state index in [9.17, 15) is 19.5 Å². The number of morpholine rings is 1. The van der Waals surface area contributed by atoms with Gasteiger partial charge in [-0.3, -0.25) is 19.3 Å². The number of carbonyl (C=O) groups excluding carboxylic acids is 3. The van der Waals surface area contributed by atoms with Crippen LogP contribution in [0.25, 0.3) is 0 Å². The number of fused-ring (bicyclic) bond motifs is 1. The van der Waals surface area contributed by atoms with Gasteiger partial charge in [0.05, 0.1) is 44.0 Å². The Hall–Kier alpha value is -1.75. The maximum atomic E-state index is 14.1. The second kappa shape index (κ2) is 10.6. The lowest BCUT2D eigenvalue weighted by atomic mass is 9.62. The molecule has 0 aliphatic carbocycles. The number of esters is 1. The van der Waals surface area contributed by atoms with Crippen LogP contribution < -0.4 is 5.32 Å². The van der Waals surface area contributed by atoms with Gasteiger partial charge in [0.15, 0.2) is 0 Å². The van der Waals surface area contributed by atoms with Gasteiger partial charge < -0.3 is 29.5 Å². The number of aliphatic hydroxyl groups is 1. The first kappa shape index (κ1) is 27.3. The van der Waals surface area contributed by atoms with Crippen molar-refractivity contribution in [2.75, 3.05) is 52.6 Å². The zero-order valence-electron chi connectivity index (χ0n) is 22.3. The van der Waals surface area contributed by atoms with Crippen LogP contribution in [0.15, 0.2) is 0 Å². The molecule has 0 aromatic carbocycles. The predicted molar refractivity (Wildman–Crippen MR) is 131 cm³/mol. The van der Waals surface area contributed by atoms with Gasteiger partial charge in [0, 0.05) is 26.2 Å². The van der Waals surface area contributed by atoms with Gasteiger partial charge in [-0.25, -0.2) is 0 Å². The molecule has 10 nitrogen and oxygen atoms in total. The summed E-state index contributed by atoms with van der Waals surface area (Å²) in [6.45, 7) is 13.7. The van der Waals surface area contributed by atoms with E-state index in [1.54, 1.807) is 11.8 Å². The van der Waals surface area contributed by atoms with Crippen LogP contribution in [0.2, 0.25) is 0 Å². The van der Waals surface area contributed by atoms with Gasteiger partial charge in [0.25, 0.3) is 0 Å². The minimum absolute atomic E-state index is 0.0442. The Morgan fingerprint density at radius 3 is 2.58 bits per heavy atom. The van der Waals surface area contributed by atoms with Crippen LogP contribution in [0.3, 0.4) is 0 Å². The number of ether oxygens (including phenoxy) is 3. The topological polar surface area (TPSA) is 118 Å². The summed E-state index contributed by atoms with van der Waals surface area (Å²) in [4.78, 5) is 44.9. The molecule has 0 saturated carbocycles. The van der Waals surface area contributed by atoms with Gasteiger partial charge in [-0.05, 0) is 38.5 Å². The van der Waals surface area contributed by atoms with Crippen molar-refractivity contribution in [1.82, 2.24) is 15.1 Å². The summed E-state index contributed by atoms with van der Waals surface area (Å²) >= 11 is 0. The fourth-order valence-electron chi connectivity index (χ4n) is 7.04. The van der Waals surface area contributed by atoms with E-state index < -0.39 is 41.1 Å². The monoisotopic (exact) mass is 509 g/mol. The van der Waals surface area contributed by atoms with Gasteiger partial charge in [0.1, 0.15) is 17.6 Å². The first-order valence-corrected chi connectivity index (χ1v) is 13.5. The van der Waals surface area contributed by atoms with E-state index in [-0.39, 0.29) is 36.9 Å². The molecule has 4 fully saturated rings. The van der Waals surface area contributed by atoms with Crippen LogP contribution in [0.1, 0.15) is 47.5 Å². The molecule has 4 aliphatic heterocycles. The van der Waals surface area contributed by atoms with Gasteiger partial charge in [-0.1, -0.05) is 20.8 Å². The Balaban J connectivity index is 1.66. The Morgan fingerprint density at radius 1 is 1.28 bits per heavy atom. The fraction of sp³-hybridized carbons (Fsp3) is 0.885. The molecular formula is C26H43N3O7. The molecule has 7 atom stereocenters.